The molecule has 0 aliphatic rings. The van der Waals surface area contributed by atoms with E-state index in [-0.39, 0.29) is 11.5 Å². The van der Waals surface area contributed by atoms with Gasteiger partial charge in [-0.2, -0.15) is 0 Å². The predicted octanol–water partition coefficient (Wildman–Crippen LogP) is 2.12. The van der Waals surface area contributed by atoms with Gasteiger partial charge >= 0.3 is 5.97 Å². The van der Waals surface area contributed by atoms with Gasteiger partial charge in [-0.25, -0.2) is 4.79 Å². The number of rotatable bonds is 6. The summed E-state index contributed by atoms with van der Waals surface area (Å²) in [6, 6.07) is 5.99. The van der Waals surface area contributed by atoms with Crippen LogP contribution in [0.2, 0.25) is 0 Å². The van der Waals surface area contributed by atoms with Crippen molar-refractivity contribution >= 4 is 29.3 Å². The maximum Gasteiger partial charge on any atom is 0.355 e. The Hall–Kier alpha value is -3.42. The number of amides is 2. The Morgan fingerprint density at radius 2 is 1.70 bits per heavy atom. The van der Waals surface area contributed by atoms with E-state index in [0.29, 0.717) is 28.1 Å². The number of hydrogen-bond acceptors (Lipinski definition) is 5. The number of aromatic nitrogens is 1. The highest BCUT2D eigenvalue weighted by molar-refractivity contribution is 6.02. The first-order valence-corrected chi connectivity index (χ1v) is 8.23. The fraction of sp³-hybridized carbons (Fsp3) is 0.263. The maximum absolute atomic E-state index is 12.3. The molecule has 1 aromatic carbocycles. The average molecular weight is 371 g/mol. The predicted molar refractivity (Wildman–Crippen MR) is 98.7 cm³/mol. The molecule has 0 saturated carbocycles. The van der Waals surface area contributed by atoms with Crippen molar-refractivity contribution in [3.63, 3.8) is 0 Å². The van der Waals surface area contributed by atoms with Gasteiger partial charge in [0.1, 0.15) is 5.69 Å². The molecule has 0 saturated heterocycles. The summed E-state index contributed by atoms with van der Waals surface area (Å²) in [4.78, 5) is 50.1. The number of carbonyl (C=O) groups excluding carboxylic acids is 4. The normalized spacial score (nSPS) is 11.6. The molecule has 2 amide bonds. The minimum atomic E-state index is -1.07. The Labute approximate surface area is 156 Å². The van der Waals surface area contributed by atoms with Crippen LogP contribution in [0.3, 0.4) is 0 Å². The Morgan fingerprint density at radius 1 is 1.11 bits per heavy atom. The van der Waals surface area contributed by atoms with Gasteiger partial charge in [0, 0.05) is 22.5 Å². The summed E-state index contributed by atoms with van der Waals surface area (Å²) in [5.74, 6) is -2.00. The van der Waals surface area contributed by atoms with E-state index in [1.165, 1.54) is 38.1 Å². The van der Waals surface area contributed by atoms with Gasteiger partial charge in [0.2, 0.25) is 5.91 Å². The number of Topliss-reactive ketones (excluding diaryl/α,β-unsaturated/α-hetero) is 1. The lowest BCUT2D eigenvalue weighted by molar-refractivity contribution is -0.123. The Bertz CT molecular complexity index is 912. The molecule has 8 nitrogen and oxygen atoms in total. The number of nitrogens with one attached hydrogen (secondary N) is 2. The highest BCUT2D eigenvalue weighted by atomic mass is 16.5. The number of ether oxygens (including phenoxy) is 1. The third kappa shape index (κ3) is 4.41. The van der Waals surface area contributed by atoms with Gasteiger partial charge in [0.15, 0.2) is 11.9 Å². The molecule has 0 fully saturated rings. The van der Waals surface area contributed by atoms with Crippen LogP contribution in [0.4, 0.5) is 5.69 Å². The quantitative estimate of drug-likeness (QED) is 0.529. The Kier molecular flexibility index (Phi) is 5.79. The Balaban J connectivity index is 2.05. The van der Waals surface area contributed by atoms with Gasteiger partial charge in [-0.1, -0.05) is 0 Å². The SMILES string of the molecule is CC(=O)c1c(C)[nH]c(C(=O)OC(C)C(=O)Nc2ccc(C(N)=O)cc2)c1C. The highest BCUT2D eigenvalue weighted by Gasteiger charge is 2.24. The van der Waals surface area contributed by atoms with Crippen LogP contribution in [0, 0.1) is 13.8 Å². The number of anilines is 1. The highest BCUT2D eigenvalue weighted by Crippen LogP contribution is 2.20. The Morgan fingerprint density at radius 3 is 2.19 bits per heavy atom. The second-order valence-electron chi connectivity index (χ2n) is 6.16. The number of primary amides is 1. The molecule has 27 heavy (non-hydrogen) atoms. The molecule has 8 heteroatoms. The first-order valence-electron chi connectivity index (χ1n) is 8.23. The molecular formula is C19H21N3O5. The largest absolute Gasteiger partial charge is 0.448 e. The van der Waals surface area contributed by atoms with Crippen LogP contribution in [-0.2, 0) is 9.53 Å². The van der Waals surface area contributed by atoms with E-state index in [0.717, 1.165) is 0 Å². The number of hydrogen-bond donors (Lipinski definition) is 3. The van der Waals surface area contributed by atoms with E-state index in [1.807, 2.05) is 0 Å². The second kappa shape index (κ2) is 7.86. The van der Waals surface area contributed by atoms with Crippen molar-refractivity contribution in [1.29, 1.82) is 0 Å². The van der Waals surface area contributed by atoms with Crippen molar-refractivity contribution in [2.75, 3.05) is 5.32 Å². The van der Waals surface area contributed by atoms with Gasteiger partial charge in [0.25, 0.3) is 5.91 Å². The lowest BCUT2D eigenvalue weighted by Gasteiger charge is -2.13. The maximum atomic E-state index is 12.3. The minimum absolute atomic E-state index is 0.142. The number of aromatic amines is 1. The van der Waals surface area contributed by atoms with Crippen molar-refractivity contribution in [3.05, 3.63) is 52.3 Å². The summed E-state index contributed by atoms with van der Waals surface area (Å²) >= 11 is 0. The van der Waals surface area contributed by atoms with Crippen LogP contribution >= 0.6 is 0 Å². The zero-order valence-electron chi connectivity index (χ0n) is 15.5. The van der Waals surface area contributed by atoms with E-state index in [2.05, 4.69) is 10.3 Å². The number of esters is 1. The minimum Gasteiger partial charge on any atom is -0.448 e. The zero-order valence-corrected chi connectivity index (χ0v) is 15.5. The van der Waals surface area contributed by atoms with Gasteiger partial charge in [-0.15, -0.1) is 0 Å². The van der Waals surface area contributed by atoms with Crippen LogP contribution in [0.25, 0.3) is 0 Å². The van der Waals surface area contributed by atoms with E-state index >= 15 is 0 Å². The number of H-pyrrole nitrogens is 1. The topological polar surface area (TPSA) is 131 Å². The summed E-state index contributed by atoms with van der Waals surface area (Å²) in [6.45, 7) is 6.17. The molecule has 2 aromatic rings. The first-order chi connectivity index (χ1) is 12.6. The summed E-state index contributed by atoms with van der Waals surface area (Å²) in [5.41, 5.74) is 7.53. The summed E-state index contributed by atoms with van der Waals surface area (Å²) < 4.78 is 5.19. The summed E-state index contributed by atoms with van der Waals surface area (Å²) in [7, 11) is 0. The van der Waals surface area contributed by atoms with Crippen molar-refractivity contribution < 1.29 is 23.9 Å². The van der Waals surface area contributed by atoms with Crippen molar-refractivity contribution in [1.82, 2.24) is 4.98 Å². The van der Waals surface area contributed by atoms with Crippen LogP contribution in [0.15, 0.2) is 24.3 Å². The monoisotopic (exact) mass is 371 g/mol. The molecule has 0 bridgehead atoms. The number of nitrogens with two attached hydrogens (primary N) is 1. The van der Waals surface area contributed by atoms with E-state index in [4.69, 9.17) is 10.5 Å². The molecule has 0 spiro atoms. The van der Waals surface area contributed by atoms with Crippen LogP contribution in [-0.4, -0.2) is 34.7 Å². The van der Waals surface area contributed by atoms with Gasteiger partial charge in [-0.05, 0) is 57.5 Å². The van der Waals surface area contributed by atoms with Crippen LogP contribution in [0.5, 0.6) is 0 Å². The van der Waals surface area contributed by atoms with Crippen LogP contribution in [0.1, 0.15) is 56.3 Å². The lowest BCUT2D eigenvalue weighted by atomic mass is 10.1. The standard InChI is InChI=1S/C19H21N3O5/c1-9-15(11(3)23)10(2)21-16(9)19(26)27-12(4)18(25)22-14-7-5-13(6-8-14)17(20)24/h5-8,12,21H,1-4H3,(H2,20,24)(H,22,25). The number of aryl methyl sites for hydroxylation is 1. The molecule has 0 aliphatic heterocycles. The molecule has 1 aromatic heterocycles. The lowest BCUT2D eigenvalue weighted by Crippen LogP contribution is -2.30. The molecule has 4 N–H and O–H groups in total. The smallest absolute Gasteiger partial charge is 0.355 e. The van der Waals surface area contributed by atoms with Crippen molar-refractivity contribution in [2.24, 2.45) is 5.73 Å². The molecule has 2 rings (SSSR count). The molecule has 142 valence electrons. The molecular weight excluding hydrogens is 350 g/mol. The van der Waals surface area contributed by atoms with E-state index < -0.39 is 23.9 Å². The number of carbonyl (C=O) groups is 4. The molecule has 0 radical (unpaired) electrons. The molecule has 0 aliphatic carbocycles. The van der Waals surface area contributed by atoms with E-state index in [9.17, 15) is 19.2 Å². The van der Waals surface area contributed by atoms with E-state index in [1.54, 1.807) is 13.8 Å². The third-order valence-corrected chi connectivity index (χ3v) is 4.08. The first kappa shape index (κ1) is 19.9. The second-order valence-corrected chi connectivity index (χ2v) is 6.16. The van der Waals surface area contributed by atoms with Gasteiger partial charge in [0.05, 0.1) is 0 Å². The average Bonchev–Trinajstić information content (AvgIpc) is 2.89. The van der Waals surface area contributed by atoms with Gasteiger partial charge in [-0.3, -0.25) is 14.4 Å². The molecule has 1 heterocycles. The van der Waals surface area contributed by atoms with Crippen molar-refractivity contribution in [2.45, 2.75) is 33.8 Å². The summed E-state index contributed by atoms with van der Waals surface area (Å²) in [6.07, 6.45) is -1.07. The zero-order chi connectivity index (χ0) is 20.3. The fourth-order valence-electron chi connectivity index (χ4n) is 2.72. The summed E-state index contributed by atoms with van der Waals surface area (Å²) in [5, 5.41) is 2.58. The van der Waals surface area contributed by atoms with Gasteiger partial charge < -0.3 is 20.8 Å². The fourth-order valence-corrected chi connectivity index (χ4v) is 2.72. The van der Waals surface area contributed by atoms with Crippen LogP contribution < -0.4 is 11.1 Å². The molecule has 1 atom stereocenters. The number of benzene rings is 1. The van der Waals surface area contributed by atoms with Crippen molar-refractivity contribution in [3.8, 4) is 0 Å². The number of ketones is 1. The third-order valence-electron chi connectivity index (χ3n) is 4.08. The molecule has 1 unspecified atom stereocenters.